The first kappa shape index (κ1) is 14.0. The first-order chi connectivity index (χ1) is 8.13. The minimum absolute atomic E-state index is 0.151. The van der Waals surface area contributed by atoms with Crippen molar-refractivity contribution < 1.29 is 4.79 Å². The van der Waals surface area contributed by atoms with Gasteiger partial charge in [0.05, 0.1) is 0 Å². The van der Waals surface area contributed by atoms with E-state index in [4.69, 9.17) is 17.3 Å². The zero-order valence-corrected chi connectivity index (χ0v) is 10.9. The van der Waals surface area contributed by atoms with Crippen LogP contribution in [0.15, 0.2) is 24.3 Å². The van der Waals surface area contributed by atoms with Gasteiger partial charge in [0.1, 0.15) is 0 Å². The summed E-state index contributed by atoms with van der Waals surface area (Å²) in [6.07, 6.45) is 2.32. The van der Waals surface area contributed by atoms with Crippen molar-refractivity contribution in [3.8, 4) is 0 Å². The van der Waals surface area contributed by atoms with Crippen LogP contribution in [0.2, 0.25) is 5.02 Å². The minimum atomic E-state index is 0.151. The van der Waals surface area contributed by atoms with Crippen LogP contribution in [0.25, 0.3) is 0 Å². The van der Waals surface area contributed by atoms with Gasteiger partial charge >= 0.3 is 0 Å². The lowest BCUT2D eigenvalue weighted by atomic mass is 10.2. The van der Waals surface area contributed by atoms with Crippen LogP contribution < -0.4 is 5.73 Å². The number of hydrogen-bond acceptors (Lipinski definition) is 2. The number of rotatable bonds is 6. The van der Waals surface area contributed by atoms with E-state index in [-0.39, 0.29) is 5.91 Å². The first-order valence-electron chi connectivity index (χ1n) is 5.82. The molecule has 2 N–H and O–H groups in total. The highest BCUT2D eigenvalue weighted by atomic mass is 35.5. The number of benzene rings is 1. The van der Waals surface area contributed by atoms with Crippen LogP contribution in [-0.4, -0.2) is 24.4 Å². The van der Waals surface area contributed by atoms with E-state index in [1.165, 1.54) is 0 Å². The number of nitrogens with zero attached hydrogens (tertiary/aromatic N) is 1. The molecule has 0 saturated heterocycles. The molecule has 4 heteroatoms. The summed E-state index contributed by atoms with van der Waals surface area (Å²) in [7, 11) is 1.81. The van der Waals surface area contributed by atoms with Crippen LogP contribution in [0.1, 0.15) is 24.8 Å². The number of carbonyl (C=O) groups is 1. The molecule has 1 aromatic carbocycles. The molecule has 0 atom stereocenters. The summed E-state index contributed by atoms with van der Waals surface area (Å²) in [5, 5.41) is 0.700. The van der Waals surface area contributed by atoms with Crippen molar-refractivity contribution in [1.82, 2.24) is 4.90 Å². The largest absolute Gasteiger partial charge is 0.341 e. The Morgan fingerprint density at radius 3 is 2.82 bits per heavy atom. The van der Waals surface area contributed by atoms with E-state index < -0.39 is 0 Å². The fraction of sp³-hybridized carbons (Fsp3) is 0.462. The van der Waals surface area contributed by atoms with Crippen molar-refractivity contribution in [2.45, 2.75) is 25.8 Å². The zero-order valence-electron chi connectivity index (χ0n) is 10.2. The second kappa shape index (κ2) is 7.30. The summed E-state index contributed by atoms with van der Waals surface area (Å²) in [4.78, 5) is 13.5. The van der Waals surface area contributed by atoms with Crippen LogP contribution in [0.5, 0.6) is 0 Å². The summed E-state index contributed by atoms with van der Waals surface area (Å²) in [6.45, 7) is 1.24. The Morgan fingerprint density at radius 1 is 1.41 bits per heavy atom. The van der Waals surface area contributed by atoms with E-state index in [2.05, 4.69) is 0 Å². The van der Waals surface area contributed by atoms with Crippen LogP contribution in [0, 0.1) is 0 Å². The standard InChI is InChI=1S/C13H19ClN2O/c1-16(13(17)7-2-3-8-15)10-11-5-4-6-12(14)9-11/h4-6,9H,2-3,7-8,10,15H2,1H3. The van der Waals surface area contributed by atoms with Crippen molar-refractivity contribution in [3.05, 3.63) is 34.9 Å². The summed E-state index contributed by atoms with van der Waals surface area (Å²) >= 11 is 5.89. The predicted octanol–water partition coefficient (Wildman–Crippen LogP) is 2.43. The third-order valence-electron chi connectivity index (χ3n) is 2.58. The Kier molecular flexibility index (Phi) is 6.01. The van der Waals surface area contributed by atoms with Gasteiger partial charge in [-0.2, -0.15) is 0 Å². The third kappa shape index (κ3) is 5.20. The van der Waals surface area contributed by atoms with Gasteiger partial charge in [0, 0.05) is 25.0 Å². The normalized spacial score (nSPS) is 10.3. The number of hydrogen-bond donors (Lipinski definition) is 1. The molecule has 17 heavy (non-hydrogen) atoms. The number of amides is 1. The topological polar surface area (TPSA) is 46.3 Å². The molecule has 0 fully saturated rings. The Labute approximate surface area is 108 Å². The van der Waals surface area contributed by atoms with E-state index in [0.29, 0.717) is 24.5 Å². The summed E-state index contributed by atoms with van der Waals surface area (Å²) in [5.41, 5.74) is 6.44. The van der Waals surface area contributed by atoms with Crippen molar-refractivity contribution in [1.29, 1.82) is 0 Å². The molecule has 0 heterocycles. The molecule has 0 unspecified atom stereocenters. The maximum absolute atomic E-state index is 11.8. The molecule has 0 bridgehead atoms. The monoisotopic (exact) mass is 254 g/mol. The second-order valence-corrected chi connectivity index (χ2v) is 4.56. The van der Waals surface area contributed by atoms with E-state index in [0.717, 1.165) is 18.4 Å². The quantitative estimate of drug-likeness (QED) is 0.793. The lowest BCUT2D eigenvalue weighted by molar-refractivity contribution is -0.130. The molecule has 3 nitrogen and oxygen atoms in total. The maximum Gasteiger partial charge on any atom is 0.222 e. The molecule has 0 aromatic heterocycles. The number of unbranched alkanes of at least 4 members (excludes halogenated alkanes) is 1. The average Bonchev–Trinajstić information content (AvgIpc) is 2.29. The number of halogens is 1. The molecule has 0 aliphatic rings. The molecule has 1 aromatic rings. The van der Waals surface area contributed by atoms with Crippen molar-refractivity contribution in [2.24, 2.45) is 5.73 Å². The summed E-state index contributed by atoms with van der Waals surface area (Å²) < 4.78 is 0. The Hall–Kier alpha value is -1.06. The lowest BCUT2D eigenvalue weighted by Gasteiger charge is -2.17. The van der Waals surface area contributed by atoms with Gasteiger partial charge in [0.2, 0.25) is 5.91 Å². The van der Waals surface area contributed by atoms with Crippen LogP contribution in [0.3, 0.4) is 0 Å². The fourth-order valence-electron chi connectivity index (χ4n) is 1.61. The molecule has 0 aliphatic heterocycles. The average molecular weight is 255 g/mol. The van der Waals surface area contributed by atoms with Gasteiger partial charge in [-0.3, -0.25) is 4.79 Å². The molecule has 0 saturated carbocycles. The molecule has 1 amide bonds. The highest BCUT2D eigenvalue weighted by molar-refractivity contribution is 6.30. The molecule has 0 radical (unpaired) electrons. The molecule has 0 aliphatic carbocycles. The molecule has 1 rings (SSSR count). The van der Waals surface area contributed by atoms with Gasteiger partial charge in [-0.25, -0.2) is 0 Å². The third-order valence-corrected chi connectivity index (χ3v) is 2.81. The van der Waals surface area contributed by atoms with Crippen LogP contribution >= 0.6 is 11.6 Å². The lowest BCUT2D eigenvalue weighted by Crippen LogP contribution is -2.26. The van der Waals surface area contributed by atoms with Gasteiger partial charge in [-0.1, -0.05) is 23.7 Å². The number of nitrogens with two attached hydrogens (primary N) is 1. The maximum atomic E-state index is 11.8. The van der Waals surface area contributed by atoms with Gasteiger partial charge in [-0.15, -0.1) is 0 Å². The van der Waals surface area contributed by atoms with E-state index in [9.17, 15) is 4.79 Å². The van der Waals surface area contributed by atoms with Gasteiger partial charge in [-0.05, 0) is 37.1 Å². The number of carbonyl (C=O) groups excluding carboxylic acids is 1. The van der Waals surface area contributed by atoms with Crippen molar-refractivity contribution >= 4 is 17.5 Å². The van der Waals surface area contributed by atoms with E-state index >= 15 is 0 Å². The Balaban J connectivity index is 2.43. The van der Waals surface area contributed by atoms with Gasteiger partial charge < -0.3 is 10.6 Å². The van der Waals surface area contributed by atoms with Crippen molar-refractivity contribution in [2.75, 3.05) is 13.6 Å². The van der Waals surface area contributed by atoms with E-state index in [1.807, 2.05) is 31.3 Å². The zero-order chi connectivity index (χ0) is 12.7. The fourth-order valence-corrected chi connectivity index (χ4v) is 1.82. The molecular weight excluding hydrogens is 236 g/mol. The van der Waals surface area contributed by atoms with E-state index in [1.54, 1.807) is 4.90 Å². The van der Waals surface area contributed by atoms with Crippen molar-refractivity contribution in [3.63, 3.8) is 0 Å². The predicted molar refractivity (Wildman–Crippen MR) is 70.8 cm³/mol. The highest BCUT2D eigenvalue weighted by Gasteiger charge is 2.08. The first-order valence-corrected chi connectivity index (χ1v) is 6.19. The minimum Gasteiger partial charge on any atom is -0.341 e. The second-order valence-electron chi connectivity index (χ2n) is 4.13. The van der Waals surface area contributed by atoms with Crippen LogP contribution in [0.4, 0.5) is 0 Å². The molecular formula is C13H19ClN2O. The molecule has 94 valence electrons. The summed E-state index contributed by atoms with van der Waals surface area (Å²) in [6, 6.07) is 7.57. The smallest absolute Gasteiger partial charge is 0.222 e. The van der Waals surface area contributed by atoms with Crippen LogP contribution in [-0.2, 0) is 11.3 Å². The molecule has 0 spiro atoms. The highest BCUT2D eigenvalue weighted by Crippen LogP contribution is 2.12. The Bertz CT molecular complexity index is 368. The Morgan fingerprint density at radius 2 is 2.18 bits per heavy atom. The summed E-state index contributed by atoms with van der Waals surface area (Å²) in [5.74, 6) is 0.151. The van der Waals surface area contributed by atoms with Gasteiger partial charge in [0.25, 0.3) is 0 Å². The van der Waals surface area contributed by atoms with Gasteiger partial charge in [0.15, 0.2) is 0 Å². The SMILES string of the molecule is CN(Cc1cccc(Cl)c1)C(=O)CCCCN.